The third-order valence-electron chi connectivity index (χ3n) is 0.0745. The van der Waals surface area contributed by atoms with Gasteiger partial charge in [0.1, 0.15) is 0 Å². The molecule has 2 heteroatoms. The van der Waals surface area contributed by atoms with Crippen LogP contribution in [0.2, 0.25) is 0 Å². The molecule has 0 atom stereocenters. The van der Waals surface area contributed by atoms with E-state index in [1.54, 1.807) is 0 Å². The first-order chi connectivity index (χ1) is 1.91. The monoisotopic (exact) mass is 76.0 g/mol. The lowest BCUT2D eigenvalue weighted by molar-refractivity contribution is 0.363. The molecule has 0 spiro atoms. The highest BCUT2D eigenvalue weighted by Gasteiger charge is 1.48. The van der Waals surface area contributed by atoms with E-state index in [0.29, 0.717) is 0 Å². The summed E-state index contributed by atoms with van der Waals surface area (Å²) in [5, 5.41) is 8.98. The van der Waals surface area contributed by atoms with Crippen molar-refractivity contribution in [2.24, 2.45) is 0 Å². The summed E-state index contributed by atoms with van der Waals surface area (Å²) in [6, 6.07) is 0. The first-order valence-corrected chi connectivity index (χ1v) is 1.43. The minimum absolute atomic E-state index is 0.00926. The molecule has 0 aliphatic rings. The largest absolute Gasteiger partial charge is 0.391 e. The zero-order valence-corrected chi connectivity index (χ0v) is 2.96. The maximum Gasteiger partial charge on any atom is 0.0714 e. The smallest absolute Gasteiger partial charge is 0.0714 e. The van der Waals surface area contributed by atoms with Crippen LogP contribution in [0.1, 0.15) is 0 Å². The van der Waals surface area contributed by atoms with Crippen LogP contribution in [0, 0.1) is 0 Å². The molecular weight excluding hydrogens is 72.1 g/mol. The van der Waals surface area contributed by atoms with Gasteiger partial charge in [0.05, 0.1) is 6.61 Å². The van der Waals surface area contributed by atoms with Crippen LogP contribution in [0.3, 0.4) is 0 Å². The number of thiocarbonyl (C=S) groups is 1. The highest BCUT2D eigenvalue weighted by molar-refractivity contribution is 7.79. The average molecular weight is 76.1 g/mol. The number of hydrogen-bond acceptors (Lipinski definition) is 2. The molecule has 0 aromatic heterocycles. The number of aliphatic hydroxyl groups is 1. The summed E-state index contributed by atoms with van der Waals surface area (Å²) in [4.78, 5) is 0. The van der Waals surface area contributed by atoms with Crippen LogP contribution in [0.25, 0.3) is 0 Å². The lowest BCUT2D eigenvalue weighted by atomic mass is 10.9. The summed E-state index contributed by atoms with van der Waals surface area (Å²) in [7, 11) is 0. The van der Waals surface area contributed by atoms with E-state index in [1.165, 1.54) is 5.37 Å². The maximum absolute atomic E-state index is 7.72. The third-order valence-corrected chi connectivity index (χ3v) is 0.224. The molecule has 0 heterocycles. The molecule has 1 nitrogen and oxygen atoms in total. The second kappa shape index (κ2) is 3.05. The molecule has 0 fully saturated rings. The third kappa shape index (κ3) is 2.05. The summed E-state index contributed by atoms with van der Waals surface area (Å²) < 4.78 is 0. The Hall–Kier alpha value is 0.0500. The molecule has 0 radical (unpaired) electrons. The molecule has 0 aliphatic heterocycles. The molecule has 0 unspecified atom stereocenters. The van der Waals surface area contributed by atoms with Gasteiger partial charge >= 0.3 is 0 Å². The minimum atomic E-state index is 0.00926. The van der Waals surface area contributed by atoms with E-state index in [-0.39, 0.29) is 6.61 Å². The van der Waals surface area contributed by atoms with Crippen LogP contribution in [-0.4, -0.2) is 17.1 Å². The van der Waals surface area contributed by atoms with Crippen LogP contribution >= 0.6 is 12.2 Å². The van der Waals surface area contributed by atoms with Crippen molar-refractivity contribution < 1.29 is 5.11 Å². The Morgan fingerprint density at radius 2 is 2.25 bits per heavy atom. The highest BCUT2D eigenvalue weighted by Crippen LogP contribution is 1.39. The van der Waals surface area contributed by atoms with Gasteiger partial charge in [-0.3, -0.25) is 0 Å². The molecule has 0 aromatic rings. The number of aliphatic hydroxyl groups excluding tert-OH is 1. The predicted molar refractivity (Wildman–Crippen MR) is 20.7 cm³/mol. The van der Waals surface area contributed by atoms with Crippen molar-refractivity contribution in [3.63, 3.8) is 0 Å². The van der Waals surface area contributed by atoms with E-state index in [9.17, 15) is 0 Å². The van der Waals surface area contributed by atoms with Crippen LogP contribution < -0.4 is 0 Å². The van der Waals surface area contributed by atoms with Gasteiger partial charge in [-0.25, -0.2) is 0 Å². The Kier molecular flexibility index (Phi) is 3.09. The van der Waals surface area contributed by atoms with Crippen molar-refractivity contribution in [1.29, 1.82) is 0 Å². The van der Waals surface area contributed by atoms with E-state index in [1.807, 2.05) is 0 Å². The molecule has 1 N–H and O–H groups in total. The highest BCUT2D eigenvalue weighted by atomic mass is 32.1. The Labute approximate surface area is 30.3 Å². The molecule has 0 bridgehead atoms. The van der Waals surface area contributed by atoms with Gasteiger partial charge in [-0.05, 0) is 0 Å². The zero-order valence-electron chi connectivity index (χ0n) is 2.14. The predicted octanol–water partition coefficient (Wildman–Crippen LogP) is -0.0216. The fourth-order valence-electron chi connectivity index (χ4n) is 0. The normalized spacial score (nSPS) is 6.25. The van der Waals surface area contributed by atoms with E-state index < -0.39 is 0 Å². The van der Waals surface area contributed by atoms with Crippen molar-refractivity contribution in [3.05, 3.63) is 0 Å². The first kappa shape index (κ1) is 4.05. The van der Waals surface area contributed by atoms with Crippen molar-refractivity contribution in [1.82, 2.24) is 0 Å². The molecule has 0 aromatic carbocycles. The fourth-order valence-corrected chi connectivity index (χ4v) is 0. The Balaban J connectivity index is 2.30. The van der Waals surface area contributed by atoms with E-state index >= 15 is 0 Å². The van der Waals surface area contributed by atoms with Crippen LogP contribution in [-0.2, 0) is 0 Å². The minimum Gasteiger partial charge on any atom is -0.391 e. The Morgan fingerprint density at radius 1 is 2.00 bits per heavy atom. The van der Waals surface area contributed by atoms with Gasteiger partial charge in [0, 0.05) is 5.37 Å². The molecule has 0 rings (SSSR count). The molecule has 24 valence electrons. The zero-order chi connectivity index (χ0) is 3.41. The lowest BCUT2D eigenvalue weighted by Crippen LogP contribution is -1.72. The first-order valence-electron chi connectivity index (χ1n) is 0.960. The van der Waals surface area contributed by atoms with Gasteiger partial charge in [-0.1, -0.05) is 12.2 Å². The van der Waals surface area contributed by atoms with Gasteiger partial charge in [-0.2, -0.15) is 0 Å². The summed E-state index contributed by atoms with van der Waals surface area (Å²) in [5.41, 5.74) is 0. The molecule has 4 heavy (non-hydrogen) atoms. The second-order valence-corrected chi connectivity index (χ2v) is 0.683. The van der Waals surface area contributed by atoms with E-state index in [4.69, 9.17) is 5.11 Å². The topological polar surface area (TPSA) is 20.2 Å². The number of rotatable bonds is 1. The average Bonchev–Trinajstić information content (AvgIpc) is 1.37. The molecule has 0 amide bonds. The summed E-state index contributed by atoms with van der Waals surface area (Å²) in [6.45, 7) is 0.00926. The van der Waals surface area contributed by atoms with Crippen LogP contribution in [0.5, 0.6) is 0 Å². The SMILES string of the molecule is OCC=S. The number of hydrogen-bond donors (Lipinski definition) is 1. The van der Waals surface area contributed by atoms with Crippen LogP contribution in [0.4, 0.5) is 0 Å². The molecular formula is C2H4OS. The van der Waals surface area contributed by atoms with E-state index in [2.05, 4.69) is 12.2 Å². The fraction of sp³-hybridized carbons (Fsp3) is 0.500. The van der Waals surface area contributed by atoms with Gasteiger partial charge in [-0.15, -0.1) is 0 Å². The van der Waals surface area contributed by atoms with Gasteiger partial charge in [0.15, 0.2) is 0 Å². The summed E-state index contributed by atoms with van der Waals surface area (Å²) in [5.74, 6) is 0. The molecule has 0 saturated heterocycles. The van der Waals surface area contributed by atoms with Crippen molar-refractivity contribution in [3.8, 4) is 0 Å². The van der Waals surface area contributed by atoms with Gasteiger partial charge < -0.3 is 5.11 Å². The lowest BCUT2D eigenvalue weighted by Gasteiger charge is -1.58. The standard InChI is InChI=1S/C2H4OS/c3-1-2-4/h2-3H,1H2. The van der Waals surface area contributed by atoms with Crippen molar-refractivity contribution >= 4 is 17.6 Å². The molecule has 0 saturated carbocycles. The van der Waals surface area contributed by atoms with Crippen molar-refractivity contribution in [2.75, 3.05) is 6.61 Å². The maximum atomic E-state index is 7.72. The van der Waals surface area contributed by atoms with Crippen LogP contribution in [0.15, 0.2) is 0 Å². The second-order valence-electron chi connectivity index (χ2n) is 0.349. The Morgan fingerprint density at radius 3 is 2.25 bits per heavy atom. The molecule has 0 aliphatic carbocycles. The van der Waals surface area contributed by atoms with E-state index in [0.717, 1.165) is 0 Å². The van der Waals surface area contributed by atoms with Crippen molar-refractivity contribution in [2.45, 2.75) is 0 Å². The van der Waals surface area contributed by atoms with Gasteiger partial charge in [0.25, 0.3) is 0 Å². The quantitative estimate of drug-likeness (QED) is 0.443. The summed E-state index contributed by atoms with van der Waals surface area (Å²) in [6.07, 6.45) is 0. The summed E-state index contributed by atoms with van der Waals surface area (Å²) >= 11 is 4.18. The van der Waals surface area contributed by atoms with Gasteiger partial charge in [0.2, 0.25) is 0 Å². The Bertz CT molecular complexity index is 20.0.